The zero-order chi connectivity index (χ0) is 14.5. The third kappa shape index (κ3) is 4.43. The summed E-state index contributed by atoms with van der Waals surface area (Å²) >= 11 is 6.51. The molecule has 0 bridgehead atoms. The van der Waals surface area contributed by atoms with E-state index in [0.717, 1.165) is 44.3 Å². The zero-order valence-electron chi connectivity index (χ0n) is 12.8. The minimum Gasteiger partial charge on any atom is -0.314 e. The molecule has 2 aliphatic heterocycles. The molecule has 0 radical (unpaired) electrons. The summed E-state index contributed by atoms with van der Waals surface area (Å²) in [5.74, 6) is 0. The summed E-state index contributed by atoms with van der Waals surface area (Å²) in [6, 6.07) is 6.66. The van der Waals surface area contributed by atoms with Crippen molar-refractivity contribution in [3.8, 4) is 0 Å². The quantitative estimate of drug-likeness (QED) is 0.923. The fraction of sp³-hybridized carbons (Fsp3) is 0.647. The Morgan fingerprint density at radius 3 is 2.33 bits per heavy atom. The van der Waals surface area contributed by atoms with Gasteiger partial charge in [-0.3, -0.25) is 9.80 Å². The van der Waals surface area contributed by atoms with Gasteiger partial charge in [0.25, 0.3) is 0 Å². The van der Waals surface area contributed by atoms with Crippen LogP contribution in [0.4, 0.5) is 0 Å². The van der Waals surface area contributed by atoms with Gasteiger partial charge in [0.1, 0.15) is 0 Å². The molecule has 0 aliphatic carbocycles. The van der Waals surface area contributed by atoms with Crippen LogP contribution >= 0.6 is 11.6 Å². The molecule has 0 atom stereocenters. The van der Waals surface area contributed by atoms with E-state index in [2.05, 4.69) is 33.3 Å². The second-order valence-electron chi connectivity index (χ2n) is 6.29. The molecule has 0 unspecified atom stereocenters. The fourth-order valence-corrected chi connectivity index (χ4v) is 3.57. The van der Waals surface area contributed by atoms with Crippen molar-refractivity contribution in [2.24, 2.45) is 0 Å². The summed E-state index contributed by atoms with van der Waals surface area (Å²) < 4.78 is 0. The third-order valence-corrected chi connectivity index (χ3v) is 4.93. The van der Waals surface area contributed by atoms with Gasteiger partial charge in [0.15, 0.2) is 0 Å². The summed E-state index contributed by atoms with van der Waals surface area (Å²) in [6.45, 7) is 8.93. The van der Waals surface area contributed by atoms with Gasteiger partial charge in [-0.15, -0.1) is 0 Å². The highest BCUT2D eigenvalue weighted by atomic mass is 35.5. The monoisotopic (exact) mass is 307 g/mol. The second-order valence-corrected chi connectivity index (χ2v) is 6.70. The van der Waals surface area contributed by atoms with Crippen LogP contribution in [0.1, 0.15) is 30.4 Å². The molecule has 2 heterocycles. The molecule has 0 amide bonds. The van der Waals surface area contributed by atoms with E-state index < -0.39 is 0 Å². The van der Waals surface area contributed by atoms with E-state index in [1.165, 1.54) is 43.5 Å². The van der Waals surface area contributed by atoms with E-state index in [1.54, 1.807) is 0 Å². The molecular weight excluding hydrogens is 282 g/mol. The van der Waals surface area contributed by atoms with Crippen LogP contribution in [-0.4, -0.2) is 49.1 Å². The molecule has 0 spiro atoms. The normalized spacial score (nSPS) is 21.6. The maximum atomic E-state index is 6.51. The van der Waals surface area contributed by atoms with Crippen molar-refractivity contribution in [1.29, 1.82) is 0 Å². The van der Waals surface area contributed by atoms with Gasteiger partial charge < -0.3 is 5.32 Å². The zero-order valence-corrected chi connectivity index (χ0v) is 13.5. The number of hydrogen-bond acceptors (Lipinski definition) is 3. The van der Waals surface area contributed by atoms with Crippen LogP contribution in [-0.2, 0) is 13.1 Å². The van der Waals surface area contributed by atoms with Gasteiger partial charge in [-0.1, -0.05) is 30.2 Å². The van der Waals surface area contributed by atoms with Gasteiger partial charge >= 0.3 is 0 Å². The van der Waals surface area contributed by atoms with Crippen molar-refractivity contribution in [3.63, 3.8) is 0 Å². The van der Waals surface area contributed by atoms with Crippen LogP contribution in [0.15, 0.2) is 18.2 Å². The van der Waals surface area contributed by atoms with Crippen LogP contribution in [0.2, 0.25) is 5.02 Å². The van der Waals surface area contributed by atoms with E-state index in [0.29, 0.717) is 0 Å². The average Bonchev–Trinajstić information content (AvgIpc) is 2.52. The highest BCUT2D eigenvalue weighted by Crippen LogP contribution is 2.22. The first-order valence-corrected chi connectivity index (χ1v) is 8.62. The lowest BCUT2D eigenvalue weighted by molar-refractivity contribution is 0.220. The van der Waals surface area contributed by atoms with Crippen LogP contribution in [0, 0.1) is 0 Å². The Labute approximate surface area is 133 Å². The van der Waals surface area contributed by atoms with Crippen LogP contribution in [0.5, 0.6) is 0 Å². The Hall–Kier alpha value is -0.610. The molecule has 1 aromatic carbocycles. The van der Waals surface area contributed by atoms with Crippen molar-refractivity contribution in [3.05, 3.63) is 34.3 Å². The van der Waals surface area contributed by atoms with E-state index >= 15 is 0 Å². The molecule has 21 heavy (non-hydrogen) atoms. The van der Waals surface area contributed by atoms with Gasteiger partial charge in [0.05, 0.1) is 0 Å². The van der Waals surface area contributed by atoms with Crippen LogP contribution in [0.25, 0.3) is 0 Å². The highest BCUT2D eigenvalue weighted by molar-refractivity contribution is 6.31. The number of nitrogens with zero attached hydrogens (tertiary/aromatic N) is 2. The molecule has 1 aromatic rings. The summed E-state index contributed by atoms with van der Waals surface area (Å²) in [7, 11) is 0. The Morgan fingerprint density at radius 2 is 1.62 bits per heavy atom. The number of likely N-dealkylation sites (tertiary alicyclic amines) is 1. The molecule has 3 rings (SSSR count). The van der Waals surface area contributed by atoms with Gasteiger partial charge in [-0.05, 0) is 43.1 Å². The van der Waals surface area contributed by atoms with Crippen molar-refractivity contribution in [1.82, 2.24) is 15.1 Å². The molecule has 2 fully saturated rings. The third-order valence-electron chi connectivity index (χ3n) is 4.58. The lowest BCUT2D eigenvalue weighted by Crippen LogP contribution is -2.42. The lowest BCUT2D eigenvalue weighted by atomic mass is 10.1. The standard InChI is InChI=1S/C17H26ClN3/c18-17-12-15(13-21-10-6-19-7-11-21)4-5-16(17)14-20-8-2-1-3-9-20/h4-5,12,19H,1-3,6-11,13-14H2. The summed E-state index contributed by atoms with van der Waals surface area (Å²) in [5.41, 5.74) is 2.62. The van der Waals surface area contributed by atoms with Gasteiger partial charge in [0.2, 0.25) is 0 Å². The lowest BCUT2D eigenvalue weighted by Gasteiger charge is -2.28. The second kappa shape index (κ2) is 7.59. The number of nitrogens with one attached hydrogen (secondary N) is 1. The van der Waals surface area contributed by atoms with Crippen LogP contribution < -0.4 is 5.32 Å². The first-order valence-electron chi connectivity index (χ1n) is 8.24. The van der Waals surface area contributed by atoms with Crippen molar-refractivity contribution in [2.45, 2.75) is 32.4 Å². The maximum absolute atomic E-state index is 6.51. The van der Waals surface area contributed by atoms with E-state index in [-0.39, 0.29) is 0 Å². The Kier molecular flexibility index (Phi) is 5.53. The molecule has 1 N–H and O–H groups in total. The first-order chi connectivity index (χ1) is 10.3. The molecule has 0 aromatic heterocycles. The Bertz CT molecular complexity index is 451. The van der Waals surface area contributed by atoms with Crippen LogP contribution in [0.3, 0.4) is 0 Å². The van der Waals surface area contributed by atoms with Crippen molar-refractivity contribution in [2.75, 3.05) is 39.3 Å². The number of piperidine rings is 1. The number of piperazine rings is 1. The van der Waals surface area contributed by atoms with Gasteiger partial charge in [-0.25, -0.2) is 0 Å². The summed E-state index contributed by atoms with van der Waals surface area (Å²) in [6.07, 6.45) is 4.05. The SMILES string of the molecule is Clc1cc(CN2CCNCC2)ccc1CN1CCCCC1. The molecular formula is C17H26ClN3. The van der Waals surface area contributed by atoms with Gasteiger partial charge in [-0.2, -0.15) is 0 Å². The topological polar surface area (TPSA) is 18.5 Å². The van der Waals surface area contributed by atoms with Crippen molar-refractivity contribution < 1.29 is 0 Å². The number of hydrogen-bond donors (Lipinski definition) is 1. The molecule has 116 valence electrons. The Balaban J connectivity index is 1.59. The molecule has 2 aliphatic rings. The minimum absolute atomic E-state index is 0.938. The molecule has 0 saturated carbocycles. The van der Waals surface area contributed by atoms with E-state index in [9.17, 15) is 0 Å². The molecule has 2 saturated heterocycles. The smallest absolute Gasteiger partial charge is 0.0454 e. The van der Waals surface area contributed by atoms with E-state index in [4.69, 9.17) is 11.6 Å². The van der Waals surface area contributed by atoms with Gasteiger partial charge in [0, 0.05) is 44.3 Å². The summed E-state index contributed by atoms with van der Waals surface area (Å²) in [4.78, 5) is 5.02. The molecule has 3 nitrogen and oxygen atoms in total. The predicted molar refractivity (Wildman–Crippen MR) is 88.7 cm³/mol. The fourth-order valence-electron chi connectivity index (χ4n) is 3.30. The number of halogens is 1. The maximum Gasteiger partial charge on any atom is 0.0454 e. The highest BCUT2D eigenvalue weighted by Gasteiger charge is 2.14. The van der Waals surface area contributed by atoms with E-state index in [1.807, 2.05) is 0 Å². The predicted octanol–water partition coefficient (Wildman–Crippen LogP) is 2.73. The van der Waals surface area contributed by atoms with Crippen molar-refractivity contribution >= 4 is 11.6 Å². The molecule has 4 heteroatoms. The minimum atomic E-state index is 0.938. The Morgan fingerprint density at radius 1 is 0.905 bits per heavy atom. The summed E-state index contributed by atoms with van der Waals surface area (Å²) in [5, 5.41) is 4.33. The average molecular weight is 308 g/mol. The number of rotatable bonds is 4. The number of benzene rings is 1. The first kappa shape index (κ1) is 15.3. The largest absolute Gasteiger partial charge is 0.314 e.